The number of carbonyl (C=O) groups excluding carboxylic acids is 1. The summed E-state index contributed by atoms with van der Waals surface area (Å²) in [6.07, 6.45) is 0. The summed E-state index contributed by atoms with van der Waals surface area (Å²) in [5.74, 6) is 0.166. The average molecular weight is 318 g/mol. The van der Waals surface area contributed by atoms with Gasteiger partial charge in [-0.15, -0.1) is 11.8 Å². The summed E-state index contributed by atoms with van der Waals surface area (Å²) in [5.41, 5.74) is 2.62. The molecule has 0 radical (unpaired) electrons. The third-order valence-corrected chi connectivity index (χ3v) is 4.07. The molecular formula is C16H18N2O3S. The Bertz CT molecular complexity index is 740. The molecule has 0 aliphatic carbocycles. The molecule has 1 aromatic carbocycles. The monoisotopic (exact) mass is 318 g/mol. The molecule has 0 fully saturated rings. The van der Waals surface area contributed by atoms with Gasteiger partial charge in [-0.1, -0.05) is 29.8 Å². The summed E-state index contributed by atoms with van der Waals surface area (Å²) in [6.45, 7) is 5.71. The highest BCUT2D eigenvalue weighted by Gasteiger charge is 2.19. The van der Waals surface area contributed by atoms with E-state index in [1.54, 1.807) is 13.8 Å². The van der Waals surface area contributed by atoms with Gasteiger partial charge in [0, 0.05) is 11.4 Å². The van der Waals surface area contributed by atoms with Crippen molar-refractivity contribution in [2.75, 3.05) is 6.61 Å². The van der Waals surface area contributed by atoms with Crippen LogP contribution in [0.1, 0.15) is 34.1 Å². The number of nitrogens with one attached hydrogen (secondary N) is 1. The molecule has 6 heteroatoms. The lowest BCUT2D eigenvalue weighted by Gasteiger charge is -2.10. The number of esters is 1. The molecule has 0 saturated heterocycles. The van der Waals surface area contributed by atoms with Crippen LogP contribution in [0.25, 0.3) is 0 Å². The van der Waals surface area contributed by atoms with E-state index in [1.807, 2.05) is 25.1 Å². The molecule has 0 aliphatic heterocycles. The minimum atomic E-state index is -0.463. The van der Waals surface area contributed by atoms with Crippen LogP contribution in [0, 0.1) is 13.8 Å². The Morgan fingerprint density at radius 3 is 2.82 bits per heavy atom. The van der Waals surface area contributed by atoms with Crippen molar-refractivity contribution >= 4 is 17.7 Å². The number of hydrogen-bond acceptors (Lipinski definition) is 5. The Balaban J connectivity index is 2.29. The number of hydrogen-bond donors (Lipinski definition) is 1. The number of H-pyrrole nitrogens is 1. The fourth-order valence-electron chi connectivity index (χ4n) is 2.06. The largest absolute Gasteiger partial charge is 0.462 e. The maximum atomic E-state index is 12.1. The highest BCUT2D eigenvalue weighted by molar-refractivity contribution is 7.98. The molecule has 2 rings (SSSR count). The SMILES string of the molecule is CCOC(=O)c1c(SCc2cccc(C)c2)nc(=O)[nH]c1C. The molecule has 2 aromatic rings. The van der Waals surface area contributed by atoms with E-state index in [1.165, 1.54) is 17.3 Å². The van der Waals surface area contributed by atoms with E-state index in [-0.39, 0.29) is 6.61 Å². The van der Waals surface area contributed by atoms with Gasteiger partial charge in [-0.25, -0.2) is 9.59 Å². The number of aromatic nitrogens is 2. The zero-order chi connectivity index (χ0) is 16.1. The highest BCUT2D eigenvalue weighted by atomic mass is 32.2. The van der Waals surface area contributed by atoms with E-state index < -0.39 is 11.7 Å². The Morgan fingerprint density at radius 1 is 1.36 bits per heavy atom. The van der Waals surface area contributed by atoms with Crippen LogP contribution in [0.2, 0.25) is 0 Å². The van der Waals surface area contributed by atoms with Crippen molar-refractivity contribution in [2.24, 2.45) is 0 Å². The molecule has 116 valence electrons. The number of carbonyl (C=O) groups is 1. The summed E-state index contributed by atoms with van der Waals surface area (Å²) in [6, 6.07) is 8.07. The van der Waals surface area contributed by atoms with Crippen molar-refractivity contribution in [2.45, 2.75) is 31.6 Å². The average Bonchev–Trinajstić information content (AvgIpc) is 2.44. The van der Waals surface area contributed by atoms with Crippen molar-refractivity contribution in [3.8, 4) is 0 Å². The lowest BCUT2D eigenvalue weighted by molar-refractivity contribution is 0.0519. The fraction of sp³-hybridized carbons (Fsp3) is 0.312. The molecule has 5 nitrogen and oxygen atoms in total. The molecule has 0 unspecified atom stereocenters. The predicted octanol–water partition coefficient (Wildman–Crippen LogP) is 2.86. The lowest BCUT2D eigenvalue weighted by atomic mass is 10.2. The number of aryl methyl sites for hydroxylation is 2. The number of aromatic amines is 1. The molecule has 0 amide bonds. The molecule has 1 N–H and O–H groups in total. The van der Waals surface area contributed by atoms with Crippen LogP contribution in [0.5, 0.6) is 0 Å². The quantitative estimate of drug-likeness (QED) is 0.521. The summed E-state index contributed by atoms with van der Waals surface area (Å²) in [7, 11) is 0. The van der Waals surface area contributed by atoms with E-state index >= 15 is 0 Å². The topological polar surface area (TPSA) is 72.0 Å². The number of nitrogens with zero attached hydrogens (tertiary/aromatic N) is 1. The van der Waals surface area contributed by atoms with Gasteiger partial charge in [0.15, 0.2) is 0 Å². The molecule has 0 aliphatic rings. The van der Waals surface area contributed by atoms with E-state index in [2.05, 4.69) is 16.0 Å². The van der Waals surface area contributed by atoms with Crippen LogP contribution >= 0.6 is 11.8 Å². The normalized spacial score (nSPS) is 10.5. The summed E-state index contributed by atoms with van der Waals surface area (Å²) >= 11 is 1.36. The fourth-order valence-corrected chi connectivity index (χ4v) is 3.07. The molecule has 0 saturated carbocycles. The standard InChI is InChI=1S/C16H18N2O3S/c1-4-21-15(19)13-11(3)17-16(20)18-14(13)22-9-12-7-5-6-10(2)8-12/h5-8H,4,9H2,1-3H3,(H,17,18,20). The van der Waals surface area contributed by atoms with Gasteiger partial charge in [-0.3, -0.25) is 0 Å². The molecule has 0 spiro atoms. The van der Waals surface area contributed by atoms with Crippen LogP contribution in [-0.2, 0) is 10.5 Å². The summed E-state index contributed by atoms with van der Waals surface area (Å²) in [4.78, 5) is 30.1. The minimum Gasteiger partial charge on any atom is -0.462 e. The molecule has 22 heavy (non-hydrogen) atoms. The predicted molar refractivity (Wildman–Crippen MR) is 86.3 cm³/mol. The molecular weight excluding hydrogens is 300 g/mol. The number of ether oxygens (including phenoxy) is 1. The van der Waals surface area contributed by atoms with Gasteiger partial charge >= 0.3 is 11.7 Å². The summed E-state index contributed by atoms with van der Waals surface area (Å²) < 4.78 is 5.05. The molecule has 1 aromatic heterocycles. The van der Waals surface area contributed by atoms with Gasteiger partial charge < -0.3 is 9.72 Å². The van der Waals surface area contributed by atoms with Crippen molar-refractivity contribution in [1.82, 2.24) is 9.97 Å². The first-order valence-electron chi connectivity index (χ1n) is 6.97. The molecule has 0 bridgehead atoms. The van der Waals surface area contributed by atoms with Gasteiger partial charge in [0.1, 0.15) is 10.6 Å². The number of benzene rings is 1. The van der Waals surface area contributed by atoms with Crippen LogP contribution in [0.15, 0.2) is 34.1 Å². The summed E-state index contributed by atoms with van der Waals surface area (Å²) in [5, 5.41) is 0.404. The van der Waals surface area contributed by atoms with E-state index in [0.29, 0.717) is 22.0 Å². The van der Waals surface area contributed by atoms with Gasteiger partial charge in [0.2, 0.25) is 0 Å². The third kappa shape index (κ3) is 3.98. The van der Waals surface area contributed by atoms with Crippen molar-refractivity contribution in [3.63, 3.8) is 0 Å². The van der Waals surface area contributed by atoms with Crippen molar-refractivity contribution < 1.29 is 9.53 Å². The van der Waals surface area contributed by atoms with Gasteiger partial charge in [0.25, 0.3) is 0 Å². The second kappa shape index (κ2) is 7.26. The van der Waals surface area contributed by atoms with Crippen LogP contribution in [0.3, 0.4) is 0 Å². The van der Waals surface area contributed by atoms with Crippen molar-refractivity contribution in [1.29, 1.82) is 0 Å². The van der Waals surface area contributed by atoms with E-state index in [4.69, 9.17) is 4.74 Å². The van der Waals surface area contributed by atoms with Crippen LogP contribution < -0.4 is 5.69 Å². The van der Waals surface area contributed by atoms with E-state index in [0.717, 1.165) is 5.56 Å². The molecule has 0 atom stereocenters. The van der Waals surface area contributed by atoms with Crippen LogP contribution in [0.4, 0.5) is 0 Å². The Labute approximate surface area is 133 Å². The zero-order valence-corrected chi connectivity index (χ0v) is 13.6. The second-order valence-electron chi connectivity index (χ2n) is 4.85. The Kier molecular flexibility index (Phi) is 5.38. The Morgan fingerprint density at radius 2 is 2.14 bits per heavy atom. The van der Waals surface area contributed by atoms with Gasteiger partial charge in [0.05, 0.1) is 6.61 Å². The minimum absolute atomic E-state index is 0.277. The number of rotatable bonds is 5. The smallest absolute Gasteiger partial charge is 0.346 e. The maximum Gasteiger partial charge on any atom is 0.346 e. The first kappa shape index (κ1) is 16.3. The number of thioether (sulfide) groups is 1. The Hall–Kier alpha value is -2.08. The van der Waals surface area contributed by atoms with Gasteiger partial charge in [-0.05, 0) is 26.3 Å². The molecule has 1 heterocycles. The van der Waals surface area contributed by atoms with E-state index in [9.17, 15) is 9.59 Å². The second-order valence-corrected chi connectivity index (χ2v) is 5.81. The maximum absolute atomic E-state index is 12.1. The highest BCUT2D eigenvalue weighted by Crippen LogP contribution is 2.25. The van der Waals surface area contributed by atoms with Crippen LogP contribution in [-0.4, -0.2) is 22.5 Å². The third-order valence-electron chi connectivity index (χ3n) is 3.02. The lowest BCUT2D eigenvalue weighted by Crippen LogP contribution is -2.19. The first-order valence-corrected chi connectivity index (χ1v) is 7.96. The first-order chi connectivity index (χ1) is 10.5. The zero-order valence-electron chi connectivity index (χ0n) is 12.8. The van der Waals surface area contributed by atoms with Gasteiger partial charge in [-0.2, -0.15) is 4.98 Å². The van der Waals surface area contributed by atoms with Crippen molar-refractivity contribution in [3.05, 3.63) is 57.1 Å².